The van der Waals surface area contributed by atoms with Crippen molar-refractivity contribution in [3.8, 4) is 11.6 Å². The molecule has 2 heterocycles. The smallest absolute Gasteiger partial charge is 0.270 e. The van der Waals surface area contributed by atoms with E-state index in [9.17, 15) is 18.4 Å². The summed E-state index contributed by atoms with van der Waals surface area (Å²) in [7, 11) is 0. The molecule has 0 spiro atoms. The summed E-state index contributed by atoms with van der Waals surface area (Å²) < 4.78 is 39.5. The van der Waals surface area contributed by atoms with Gasteiger partial charge >= 0.3 is 0 Å². The van der Waals surface area contributed by atoms with Crippen LogP contribution in [0.15, 0.2) is 71.5 Å². The molecule has 46 heavy (non-hydrogen) atoms. The molecule has 0 saturated carbocycles. The van der Waals surface area contributed by atoms with Crippen LogP contribution in [0.25, 0.3) is 11.6 Å². The third kappa shape index (κ3) is 9.51. The average Bonchev–Trinajstić information content (AvgIpc) is 3.59. The number of hydrogen-bond donors (Lipinski definition) is 2. The van der Waals surface area contributed by atoms with E-state index in [1.165, 1.54) is 36.2 Å². The molecule has 0 bridgehead atoms. The average molecular weight is 634 g/mol. The molecule has 2 atom stereocenters. The standard InChI is InChI=1S/C35H41F2N5O4/c1-4-11-42(12-5-2)35(44)26-18-31(40-32(19-26)34-39-10-13-46-34)33(43)41-30(17-25-15-27(36)20-28(37)16-25)29(38)22-45-21-24-9-7-8-23(6-3)14-24/h7-10,13-16,18-20,29-30H,4-6,11-12,17,21-22,38H2,1-3H3,(H,41,43)/t29?,30-/m0/s1. The van der Waals surface area contributed by atoms with E-state index in [4.69, 9.17) is 14.9 Å². The maximum atomic E-state index is 14.1. The van der Waals surface area contributed by atoms with Crippen LogP contribution in [0, 0.1) is 11.6 Å². The first-order valence-corrected chi connectivity index (χ1v) is 15.6. The number of nitrogens with two attached hydrogens (primary N) is 1. The zero-order chi connectivity index (χ0) is 33.1. The van der Waals surface area contributed by atoms with Crippen molar-refractivity contribution in [1.82, 2.24) is 20.2 Å². The minimum atomic E-state index is -0.807. The fraction of sp³-hybridized carbons (Fsp3) is 0.371. The van der Waals surface area contributed by atoms with Crippen molar-refractivity contribution in [1.29, 1.82) is 0 Å². The number of amides is 2. The van der Waals surface area contributed by atoms with Gasteiger partial charge in [-0.1, -0.05) is 45.0 Å². The minimum Gasteiger partial charge on any atom is -0.443 e. The molecule has 0 fully saturated rings. The van der Waals surface area contributed by atoms with Gasteiger partial charge in [0.15, 0.2) is 0 Å². The lowest BCUT2D eigenvalue weighted by Gasteiger charge is -2.26. The normalized spacial score (nSPS) is 12.5. The van der Waals surface area contributed by atoms with Gasteiger partial charge in [-0.3, -0.25) is 9.59 Å². The van der Waals surface area contributed by atoms with E-state index in [0.717, 1.165) is 30.9 Å². The number of aromatic nitrogens is 2. The molecule has 2 aromatic heterocycles. The number of nitrogens with zero attached hydrogens (tertiary/aromatic N) is 3. The fourth-order valence-corrected chi connectivity index (χ4v) is 5.17. The van der Waals surface area contributed by atoms with Gasteiger partial charge in [-0.25, -0.2) is 18.7 Å². The Bertz CT molecular complexity index is 1570. The van der Waals surface area contributed by atoms with Gasteiger partial charge in [0, 0.05) is 30.8 Å². The number of hydrogen-bond acceptors (Lipinski definition) is 7. The fourth-order valence-electron chi connectivity index (χ4n) is 5.17. The maximum Gasteiger partial charge on any atom is 0.270 e. The predicted molar refractivity (Wildman–Crippen MR) is 171 cm³/mol. The topological polar surface area (TPSA) is 124 Å². The van der Waals surface area contributed by atoms with Crippen LogP contribution in [-0.2, 0) is 24.2 Å². The second kappa shape index (κ2) is 16.7. The van der Waals surface area contributed by atoms with Gasteiger partial charge in [-0.2, -0.15) is 0 Å². The van der Waals surface area contributed by atoms with Crippen molar-refractivity contribution in [3.05, 3.63) is 107 Å². The van der Waals surface area contributed by atoms with Gasteiger partial charge in [-0.15, -0.1) is 0 Å². The monoisotopic (exact) mass is 633 g/mol. The van der Waals surface area contributed by atoms with E-state index in [2.05, 4.69) is 22.2 Å². The van der Waals surface area contributed by atoms with E-state index >= 15 is 0 Å². The Labute approximate surface area is 268 Å². The van der Waals surface area contributed by atoms with Crippen LogP contribution < -0.4 is 11.1 Å². The Kier molecular flexibility index (Phi) is 12.5. The van der Waals surface area contributed by atoms with Gasteiger partial charge in [-0.05, 0) is 66.6 Å². The number of carbonyl (C=O) groups excluding carboxylic acids is 2. The van der Waals surface area contributed by atoms with Gasteiger partial charge in [0.25, 0.3) is 11.8 Å². The molecule has 4 rings (SSSR count). The molecule has 1 unspecified atom stereocenters. The highest BCUT2D eigenvalue weighted by Gasteiger charge is 2.25. The first-order chi connectivity index (χ1) is 22.2. The second-order valence-corrected chi connectivity index (χ2v) is 11.2. The number of ether oxygens (including phenoxy) is 1. The van der Waals surface area contributed by atoms with Crippen LogP contribution in [0.1, 0.15) is 71.1 Å². The molecule has 2 amide bonds. The van der Waals surface area contributed by atoms with Crippen LogP contribution in [0.5, 0.6) is 0 Å². The Morgan fingerprint density at radius 1 is 0.978 bits per heavy atom. The summed E-state index contributed by atoms with van der Waals surface area (Å²) in [6.07, 6.45) is 5.25. The molecular weight excluding hydrogens is 592 g/mol. The molecular formula is C35H41F2N5O4. The van der Waals surface area contributed by atoms with Crippen molar-refractivity contribution >= 4 is 11.8 Å². The molecule has 0 aliphatic heterocycles. The summed E-state index contributed by atoms with van der Waals surface area (Å²) in [6.45, 7) is 7.49. The van der Waals surface area contributed by atoms with Crippen LogP contribution in [0.3, 0.4) is 0 Å². The molecule has 0 aliphatic rings. The van der Waals surface area contributed by atoms with Gasteiger partial charge in [0.1, 0.15) is 29.3 Å². The van der Waals surface area contributed by atoms with E-state index < -0.39 is 29.6 Å². The van der Waals surface area contributed by atoms with Crippen LogP contribution in [0.2, 0.25) is 0 Å². The van der Waals surface area contributed by atoms with E-state index in [0.29, 0.717) is 25.3 Å². The van der Waals surface area contributed by atoms with E-state index in [1.807, 2.05) is 38.1 Å². The molecule has 4 aromatic rings. The number of benzene rings is 2. The number of oxazole rings is 1. The van der Waals surface area contributed by atoms with Crippen LogP contribution in [0.4, 0.5) is 8.78 Å². The molecule has 9 nitrogen and oxygen atoms in total. The van der Waals surface area contributed by atoms with Crippen LogP contribution in [-0.4, -0.2) is 58.5 Å². The summed E-state index contributed by atoms with van der Waals surface area (Å²) in [5.74, 6) is -2.23. The summed E-state index contributed by atoms with van der Waals surface area (Å²) in [5, 5.41) is 2.88. The lowest BCUT2D eigenvalue weighted by Crippen LogP contribution is -2.51. The number of carbonyl (C=O) groups is 2. The highest BCUT2D eigenvalue weighted by atomic mass is 19.1. The summed E-state index contributed by atoms with van der Waals surface area (Å²) >= 11 is 0. The number of aryl methyl sites for hydroxylation is 1. The van der Waals surface area contributed by atoms with E-state index in [-0.39, 0.29) is 41.8 Å². The van der Waals surface area contributed by atoms with Gasteiger partial charge in [0.05, 0.1) is 25.5 Å². The SMILES string of the molecule is CCCN(CCC)C(=O)c1cc(C(=O)N[C@@H](Cc2cc(F)cc(F)c2)C(N)COCc2cccc(CC)c2)nc(-c2ncco2)c1. The zero-order valence-corrected chi connectivity index (χ0v) is 26.5. The van der Waals surface area contributed by atoms with Crippen molar-refractivity contribution in [2.75, 3.05) is 19.7 Å². The summed E-state index contributed by atoms with van der Waals surface area (Å²) in [5.41, 5.74) is 9.40. The third-order valence-corrected chi connectivity index (χ3v) is 7.42. The van der Waals surface area contributed by atoms with Crippen molar-refractivity contribution in [2.24, 2.45) is 5.73 Å². The summed E-state index contributed by atoms with van der Waals surface area (Å²) in [4.78, 5) is 37.6. The van der Waals surface area contributed by atoms with Crippen molar-refractivity contribution in [3.63, 3.8) is 0 Å². The highest BCUT2D eigenvalue weighted by molar-refractivity contribution is 5.99. The third-order valence-electron chi connectivity index (χ3n) is 7.42. The van der Waals surface area contributed by atoms with Gasteiger partial charge < -0.3 is 25.1 Å². The number of pyridine rings is 1. The van der Waals surface area contributed by atoms with Crippen molar-refractivity contribution < 1.29 is 27.5 Å². The Balaban J connectivity index is 1.60. The Morgan fingerprint density at radius 3 is 2.35 bits per heavy atom. The summed E-state index contributed by atoms with van der Waals surface area (Å²) in [6, 6.07) is 12.6. The second-order valence-electron chi connectivity index (χ2n) is 11.2. The Morgan fingerprint density at radius 2 is 1.70 bits per heavy atom. The minimum absolute atomic E-state index is 0.0161. The Hall–Kier alpha value is -4.48. The molecule has 3 N–H and O–H groups in total. The number of halogens is 2. The van der Waals surface area contributed by atoms with Crippen molar-refractivity contribution in [2.45, 2.75) is 65.1 Å². The zero-order valence-electron chi connectivity index (χ0n) is 26.5. The maximum absolute atomic E-state index is 14.1. The first-order valence-electron chi connectivity index (χ1n) is 15.6. The highest BCUT2D eigenvalue weighted by Crippen LogP contribution is 2.20. The van der Waals surface area contributed by atoms with Gasteiger partial charge in [0.2, 0.25) is 5.89 Å². The molecule has 0 saturated heterocycles. The number of nitrogens with one attached hydrogen (secondary N) is 1. The lowest BCUT2D eigenvalue weighted by atomic mass is 9.99. The molecule has 244 valence electrons. The molecule has 2 aromatic carbocycles. The van der Waals surface area contributed by atoms with Crippen LogP contribution >= 0.6 is 0 Å². The predicted octanol–water partition coefficient (Wildman–Crippen LogP) is 5.72. The van der Waals surface area contributed by atoms with E-state index in [1.54, 1.807) is 11.0 Å². The first kappa shape index (κ1) is 34.4. The molecule has 0 radical (unpaired) electrons. The molecule has 0 aliphatic carbocycles. The quantitative estimate of drug-likeness (QED) is 0.162. The molecule has 11 heteroatoms. The largest absolute Gasteiger partial charge is 0.443 e. The lowest BCUT2D eigenvalue weighted by molar-refractivity contribution is 0.0755. The number of rotatable bonds is 16.